The summed E-state index contributed by atoms with van der Waals surface area (Å²) >= 11 is 0. The number of carboxylic acid groups (broad SMARTS) is 1. The highest BCUT2D eigenvalue weighted by molar-refractivity contribution is 5.76. The van der Waals surface area contributed by atoms with E-state index in [1.54, 1.807) is 0 Å². The van der Waals surface area contributed by atoms with Crippen molar-refractivity contribution in [3.8, 4) is 0 Å². The molecule has 6 heteroatoms. The average Bonchev–Trinajstić information content (AvgIpc) is 2.75. The second-order valence-corrected chi connectivity index (χ2v) is 4.10. The van der Waals surface area contributed by atoms with Gasteiger partial charge in [0.15, 0.2) is 0 Å². The van der Waals surface area contributed by atoms with Crippen LogP contribution in [0.2, 0.25) is 0 Å². The molecule has 0 spiro atoms. The van der Waals surface area contributed by atoms with Gasteiger partial charge >= 0.3 is 5.97 Å². The summed E-state index contributed by atoms with van der Waals surface area (Å²) in [6.07, 6.45) is 2.70. The second kappa shape index (κ2) is 8.03. The van der Waals surface area contributed by atoms with E-state index >= 15 is 0 Å². The lowest BCUT2D eigenvalue weighted by Crippen LogP contribution is -2.33. The number of carbonyl (C=O) groups excluding carboxylic acids is 1. The minimum atomic E-state index is -0.874. The SMILES string of the molecule is O=C(O)CCOCCNC(=O)CC1CCCN1. The van der Waals surface area contributed by atoms with Crippen LogP contribution >= 0.6 is 0 Å². The Hall–Kier alpha value is -1.14. The van der Waals surface area contributed by atoms with Gasteiger partial charge in [0.1, 0.15) is 0 Å². The van der Waals surface area contributed by atoms with Crippen molar-refractivity contribution in [2.24, 2.45) is 0 Å². The summed E-state index contributed by atoms with van der Waals surface area (Å²) in [6, 6.07) is 0.308. The largest absolute Gasteiger partial charge is 0.481 e. The maximum Gasteiger partial charge on any atom is 0.305 e. The molecule has 1 unspecified atom stereocenters. The first kappa shape index (κ1) is 13.9. The number of hydrogen-bond acceptors (Lipinski definition) is 4. The van der Waals surface area contributed by atoms with Crippen LogP contribution in [0, 0.1) is 0 Å². The Morgan fingerprint density at radius 2 is 2.24 bits per heavy atom. The first-order valence-electron chi connectivity index (χ1n) is 5.98. The Morgan fingerprint density at radius 1 is 1.41 bits per heavy atom. The van der Waals surface area contributed by atoms with Gasteiger partial charge in [0.2, 0.25) is 5.91 Å². The molecule has 98 valence electrons. The molecular formula is C11H20N2O4. The van der Waals surface area contributed by atoms with E-state index in [1.165, 1.54) is 0 Å². The summed E-state index contributed by atoms with van der Waals surface area (Å²) < 4.78 is 5.05. The van der Waals surface area contributed by atoms with Crippen molar-refractivity contribution >= 4 is 11.9 Å². The monoisotopic (exact) mass is 244 g/mol. The second-order valence-electron chi connectivity index (χ2n) is 4.10. The van der Waals surface area contributed by atoms with Crippen LogP contribution in [0.25, 0.3) is 0 Å². The third-order valence-corrected chi connectivity index (χ3v) is 2.62. The molecule has 0 aliphatic carbocycles. The summed E-state index contributed by atoms with van der Waals surface area (Å²) in [5.74, 6) is -0.854. The van der Waals surface area contributed by atoms with E-state index in [2.05, 4.69) is 10.6 Å². The van der Waals surface area contributed by atoms with Gasteiger partial charge in [-0.1, -0.05) is 0 Å². The number of nitrogens with one attached hydrogen (secondary N) is 2. The number of rotatable bonds is 8. The highest BCUT2D eigenvalue weighted by atomic mass is 16.5. The van der Waals surface area contributed by atoms with Gasteiger partial charge in [-0.15, -0.1) is 0 Å². The van der Waals surface area contributed by atoms with Crippen LogP contribution in [0.5, 0.6) is 0 Å². The lowest BCUT2D eigenvalue weighted by molar-refractivity contribution is -0.138. The van der Waals surface area contributed by atoms with Gasteiger partial charge in [-0.05, 0) is 19.4 Å². The number of ether oxygens (including phenoxy) is 1. The van der Waals surface area contributed by atoms with Gasteiger partial charge in [0.25, 0.3) is 0 Å². The molecule has 1 atom stereocenters. The Balaban J connectivity index is 1.91. The smallest absolute Gasteiger partial charge is 0.305 e. The Morgan fingerprint density at radius 3 is 2.88 bits per heavy atom. The van der Waals surface area contributed by atoms with E-state index in [9.17, 15) is 9.59 Å². The molecule has 6 nitrogen and oxygen atoms in total. The summed E-state index contributed by atoms with van der Waals surface area (Å²) in [5, 5.41) is 14.4. The quantitative estimate of drug-likeness (QED) is 0.512. The number of carbonyl (C=O) groups is 2. The van der Waals surface area contributed by atoms with Gasteiger partial charge in [0, 0.05) is 19.0 Å². The van der Waals surface area contributed by atoms with Crippen molar-refractivity contribution in [3.63, 3.8) is 0 Å². The molecule has 0 saturated carbocycles. The molecule has 0 radical (unpaired) electrons. The summed E-state index contributed by atoms with van der Waals surface area (Å²) in [6.45, 7) is 1.98. The lowest BCUT2D eigenvalue weighted by Gasteiger charge is -2.10. The van der Waals surface area contributed by atoms with E-state index in [-0.39, 0.29) is 18.9 Å². The fraction of sp³-hybridized carbons (Fsp3) is 0.818. The molecule has 0 aromatic carbocycles. The Bertz CT molecular complexity index is 252. The van der Waals surface area contributed by atoms with Crippen LogP contribution in [0.4, 0.5) is 0 Å². The zero-order valence-electron chi connectivity index (χ0n) is 9.91. The van der Waals surface area contributed by atoms with Crippen molar-refractivity contribution in [2.75, 3.05) is 26.3 Å². The normalized spacial score (nSPS) is 19.2. The summed E-state index contributed by atoms with van der Waals surface area (Å²) in [5.41, 5.74) is 0. The molecule has 0 bridgehead atoms. The standard InChI is InChI=1S/C11H20N2O4/c14-10(8-9-2-1-4-12-9)13-5-7-17-6-3-11(15)16/h9,12H,1-8H2,(H,13,14)(H,15,16). The highest BCUT2D eigenvalue weighted by Crippen LogP contribution is 2.07. The molecule has 0 aromatic heterocycles. The first-order valence-corrected chi connectivity index (χ1v) is 5.98. The number of hydrogen-bond donors (Lipinski definition) is 3. The summed E-state index contributed by atoms with van der Waals surface area (Å²) in [7, 11) is 0. The van der Waals surface area contributed by atoms with Crippen LogP contribution in [0.3, 0.4) is 0 Å². The molecule has 3 N–H and O–H groups in total. The van der Waals surface area contributed by atoms with Gasteiger partial charge < -0.3 is 20.5 Å². The predicted octanol–water partition coefficient (Wildman–Crippen LogP) is -0.264. The van der Waals surface area contributed by atoms with Gasteiger partial charge in [-0.25, -0.2) is 0 Å². The zero-order chi connectivity index (χ0) is 12.5. The van der Waals surface area contributed by atoms with Gasteiger partial charge in [-0.3, -0.25) is 9.59 Å². The van der Waals surface area contributed by atoms with Crippen LogP contribution < -0.4 is 10.6 Å². The molecular weight excluding hydrogens is 224 g/mol. The van der Waals surface area contributed by atoms with Gasteiger partial charge in [-0.2, -0.15) is 0 Å². The van der Waals surface area contributed by atoms with Crippen molar-refractivity contribution in [3.05, 3.63) is 0 Å². The molecule has 1 rings (SSSR count). The molecule has 1 amide bonds. The van der Waals surface area contributed by atoms with E-state index in [0.717, 1.165) is 19.4 Å². The van der Waals surface area contributed by atoms with Gasteiger partial charge in [0.05, 0.1) is 19.6 Å². The lowest BCUT2D eigenvalue weighted by atomic mass is 10.1. The topological polar surface area (TPSA) is 87.7 Å². The maximum absolute atomic E-state index is 11.4. The minimum Gasteiger partial charge on any atom is -0.481 e. The van der Waals surface area contributed by atoms with Crippen molar-refractivity contribution < 1.29 is 19.4 Å². The Kier molecular flexibility index (Phi) is 6.57. The zero-order valence-corrected chi connectivity index (χ0v) is 9.91. The maximum atomic E-state index is 11.4. The number of carboxylic acids is 1. The number of aliphatic carboxylic acids is 1. The van der Waals surface area contributed by atoms with E-state index in [4.69, 9.17) is 9.84 Å². The minimum absolute atomic E-state index is 0.0000590. The molecule has 1 fully saturated rings. The van der Waals surface area contributed by atoms with Crippen molar-refractivity contribution in [1.29, 1.82) is 0 Å². The van der Waals surface area contributed by atoms with E-state index in [1.807, 2.05) is 0 Å². The third-order valence-electron chi connectivity index (χ3n) is 2.62. The summed E-state index contributed by atoms with van der Waals surface area (Å²) in [4.78, 5) is 21.6. The Labute approximate surface area is 101 Å². The fourth-order valence-electron chi connectivity index (χ4n) is 1.75. The number of amides is 1. The van der Waals surface area contributed by atoms with Crippen molar-refractivity contribution in [1.82, 2.24) is 10.6 Å². The fourth-order valence-corrected chi connectivity index (χ4v) is 1.75. The average molecular weight is 244 g/mol. The predicted molar refractivity (Wildman–Crippen MR) is 61.7 cm³/mol. The molecule has 1 aliphatic rings. The van der Waals surface area contributed by atoms with Crippen LogP contribution in [-0.4, -0.2) is 49.3 Å². The van der Waals surface area contributed by atoms with Crippen LogP contribution in [0.15, 0.2) is 0 Å². The molecule has 0 aromatic rings. The molecule has 1 heterocycles. The molecule has 17 heavy (non-hydrogen) atoms. The molecule has 1 aliphatic heterocycles. The third kappa shape index (κ3) is 6.91. The van der Waals surface area contributed by atoms with Crippen LogP contribution in [-0.2, 0) is 14.3 Å². The first-order chi connectivity index (χ1) is 8.18. The van der Waals surface area contributed by atoms with Crippen LogP contribution in [0.1, 0.15) is 25.7 Å². The highest BCUT2D eigenvalue weighted by Gasteiger charge is 2.16. The molecule has 1 saturated heterocycles. The van der Waals surface area contributed by atoms with Crippen molar-refractivity contribution in [2.45, 2.75) is 31.7 Å². The van der Waals surface area contributed by atoms with E-state index in [0.29, 0.717) is 25.6 Å². The van der Waals surface area contributed by atoms with E-state index < -0.39 is 5.97 Å².